The number of amides is 1. The predicted molar refractivity (Wildman–Crippen MR) is 124 cm³/mol. The SMILES string of the molecule is CCn1c(CN(c2ccccc2)S(C)(=O)=O)nnc1SCC(=O)N(C)C1CCCCC1. The standard InChI is InChI=1S/C21H31N5O3S2/c1-4-25-19(15-26(31(3,28)29)18-13-9-6-10-14-18)22-23-21(25)30-16-20(27)24(2)17-11-7-5-8-12-17/h6,9-10,13-14,17H,4-5,7-8,11-12,15-16H2,1-3H3. The lowest BCUT2D eigenvalue weighted by Crippen LogP contribution is -2.39. The van der Waals surface area contributed by atoms with Crippen LogP contribution in [0.25, 0.3) is 0 Å². The number of rotatable bonds is 9. The summed E-state index contributed by atoms with van der Waals surface area (Å²) >= 11 is 1.35. The summed E-state index contributed by atoms with van der Waals surface area (Å²) in [4.78, 5) is 14.6. The predicted octanol–water partition coefficient (Wildman–Crippen LogP) is 3.15. The second-order valence-corrected chi connectivity index (χ2v) is 10.7. The van der Waals surface area contributed by atoms with Gasteiger partial charge < -0.3 is 9.47 Å². The summed E-state index contributed by atoms with van der Waals surface area (Å²) in [7, 11) is -1.61. The van der Waals surface area contributed by atoms with Crippen LogP contribution in [0.4, 0.5) is 5.69 Å². The molecule has 0 bridgehead atoms. The molecule has 0 atom stereocenters. The summed E-state index contributed by atoms with van der Waals surface area (Å²) in [6.45, 7) is 2.63. The lowest BCUT2D eigenvalue weighted by Gasteiger charge is -2.31. The van der Waals surface area contributed by atoms with Gasteiger partial charge in [-0.3, -0.25) is 9.10 Å². The molecule has 1 aliphatic carbocycles. The molecule has 1 aromatic carbocycles. The Balaban J connectivity index is 1.70. The third kappa shape index (κ3) is 6.00. The smallest absolute Gasteiger partial charge is 0.233 e. The van der Waals surface area contributed by atoms with E-state index in [1.807, 2.05) is 29.5 Å². The van der Waals surface area contributed by atoms with Crippen LogP contribution in [0, 0.1) is 0 Å². The van der Waals surface area contributed by atoms with Crippen LogP contribution in [0.1, 0.15) is 44.9 Å². The van der Waals surface area contributed by atoms with Gasteiger partial charge in [-0.1, -0.05) is 49.2 Å². The van der Waals surface area contributed by atoms with E-state index in [4.69, 9.17) is 0 Å². The fraction of sp³-hybridized carbons (Fsp3) is 0.571. The third-order valence-electron chi connectivity index (χ3n) is 5.68. The van der Waals surface area contributed by atoms with E-state index in [0.29, 0.717) is 35.0 Å². The van der Waals surface area contributed by atoms with Crippen molar-refractivity contribution in [2.45, 2.75) is 63.3 Å². The van der Waals surface area contributed by atoms with E-state index in [1.54, 1.807) is 24.3 Å². The first kappa shape index (κ1) is 23.6. The van der Waals surface area contributed by atoms with Crippen molar-refractivity contribution >= 4 is 33.4 Å². The van der Waals surface area contributed by atoms with Crippen molar-refractivity contribution in [3.63, 3.8) is 0 Å². The molecule has 8 nitrogen and oxygen atoms in total. The van der Waals surface area contributed by atoms with Crippen molar-refractivity contribution < 1.29 is 13.2 Å². The largest absolute Gasteiger partial charge is 0.342 e. The van der Waals surface area contributed by atoms with Crippen LogP contribution >= 0.6 is 11.8 Å². The Morgan fingerprint density at radius 1 is 1.16 bits per heavy atom. The minimum atomic E-state index is -3.50. The highest BCUT2D eigenvalue weighted by atomic mass is 32.2. The monoisotopic (exact) mass is 465 g/mol. The van der Waals surface area contributed by atoms with Gasteiger partial charge in [0.25, 0.3) is 0 Å². The summed E-state index contributed by atoms with van der Waals surface area (Å²) < 4.78 is 28.0. The summed E-state index contributed by atoms with van der Waals surface area (Å²) in [5, 5.41) is 9.11. The van der Waals surface area contributed by atoms with Crippen LogP contribution in [0.2, 0.25) is 0 Å². The molecule has 0 radical (unpaired) electrons. The summed E-state index contributed by atoms with van der Waals surface area (Å²) in [6.07, 6.45) is 6.94. The molecule has 1 amide bonds. The van der Waals surface area contributed by atoms with Gasteiger partial charge in [0.15, 0.2) is 11.0 Å². The van der Waals surface area contributed by atoms with Gasteiger partial charge in [-0.05, 0) is 31.9 Å². The number of anilines is 1. The maximum atomic E-state index is 12.7. The molecule has 1 aliphatic rings. The molecule has 2 aromatic rings. The zero-order valence-electron chi connectivity index (χ0n) is 18.4. The highest BCUT2D eigenvalue weighted by molar-refractivity contribution is 7.99. The summed E-state index contributed by atoms with van der Waals surface area (Å²) in [6, 6.07) is 9.28. The number of thioether (sulfide) groups is 1. The molecule has 1 heterocycles. The number of carbonyl (C=O) groups is 1. The lowest BCUT2D eigenvalue weighted by atomic mass is 9.94. The molecule has 0 aliphatic heterocycles. The van der Waals surface area contributed by atoms with E-state index in [1.165, 1.54) is 41.6 Å². The maximum Gasteiger partial charge on any atom is 0.233 e. The lowest BCUT2D eigenvalue weighted by molar-refractivity contribution is -0.129. The van der Waals surface area contributed by atoms with Crippen molar-refractivity contribution in [3.8, 4) is 0 Å². The molecule has 0 N–H and O–H groups in total. The van der Waals surface area contributed by atoms with Gasteiger partial charge in [-0.2, -0.15) is 0 Å². The topological polar surface area (TPSA) is 88.4 Å². The van der Waals surface area contributed by atoms with Crippen LogP contribution in [-0.2, 0) is 27.9 Å². The fourth-order valence-electron chi connectivity index (χ4n) is 3.88. The van der Waals surface area contributed by atoms with E-state index in [0.717, 1.165) is 12.8 Å². The van der Waals surface area contributed by atoms with Crippen LogP contribution in [0.15, 0.2) is 35.5 Å². The fourth-order valence-corrected chi connectivity index (χ4v) is 5.68. The number of aromatic nitrogens is 3. The third-order valence-corrected chi connectivity index (χ3v) is 7.77. The molecule has 0 saturated heterocycles. The second-order valence-electron chi connectivity index (χ2n) is 7.83. The normalized spacial score (nSPS) is 15.1. The van der Waals surface area contributed by atoms with E-state index < -0.39 is 10.0 Å². The zero-order valence-corrected chi connectivity index (χ0v) is 20.0. The Hall–Kier alpha value is -2.07. The molecular formula is C21H31N5O3S2. The van der Waals surface area contributed by atoms with Crippen molar-refractivity contribution in [3.05, 3.63) is 36.2 Å². The van der Waals surface area contributed by atoms with Crippen molar-refractivity contribution in [2.24, 2.45) is 0 Å². The average Bonchev–Trinajstić information content (AvgIpc) is 3.17. The molecule has 170 valence electrons. The van der Waals surface area contributed by atoms with Gasteiger partial charge in [0.2, 0.25) is 15.9 Å². The molecule has 10 heteroatoms. The van der Waals surface area contributed by atoms with Crippen LogP contribution in [0.3, 0.4) is 0 Å². The van der Waals surface area contributed by atoms with Gasteiger partial charge >= 0.3 is 0 Å². The van der Waals surface area contributed by atoms with E-state index in [2.05, 4.69) is 10.2 Å². The molecular weight excluding hydrogens is 434 g/mol. The molecule has 0 spiro atoms. The average molecular weight is 466 g/mol. The van der Waals surface area contributed by atoms with Crippen LogP contribution < -0.4 is 4.31 Å². The molecule has 1 fully saturated rings. The van der Waals surface area contributed by atoms with Gasteiger partial charge in [-0.25, -0.2) is 8.42 Å². The number of sulfonamides is 1. The van der Waals surface area contributed by atoms with Gasteiger partial charge in [0.1, 0.15) is 0 Å². The van der Waals surface area contributed by atoms with Crippen molar-refractivity contribution in [1.29, 1.82) is 0 Å². The number of carbonyl (C=O) groups excluding carboxylic acids is 1. The van der Waals surface area contributed by atoms with Crippen LogP contribution in [0.5, 0.6) is 0 Å². The number of nitrogens with zero attached hydrogens (tertiary/aromatic N) is 5. The molecule has 0 unspecified atom stereocenters. The highest BCUT2D eigenvalue weighted by Crippen LogP contribution is 2.25. The highest BCUT2D eigenvalue weighted by Gasteiger charge is 2.24. The minimum absolute atomic E-state index is 0.0835. The van der Waals surface area contributed by atoms with E-state index in [9.17, 15) is 13.2 Å². The quantitative estimate of drug-likeness (QED) is 0.529. The Morgan fingerprint density at radius 2 is 1.84 bits per heavy atom. The van der Waals surface area contributed by atoms with E-state index in [-0.39, 0.29) is 12.5 Å². The number of para-hydroxylation sites is 1. The number of hydrogen-bond donors (Lipinski definition) is 0. The first-order chi connectivity index (χ1) is 14.8. The van der Waals surface area contributed by atoms with Gasteiger partial charge in [-0.15, -0.1) is 10.2 Å². The first-order valence-corrected chi connectivity index (χ1v) is 13.5. The Labute approximate surface area is 189 Å². The summed E-state index contributed by atoms with van der Waals surface area (Å²) in [5.74, 6) is 0.929. The first-order valence-electron chi connectivity index (χ1n) is 10.6. The summed E-state index contributed by atoms with van der Waals surface area (Å²) in [5.41, 5.74) is 0.578. The number of benzene rings is 1. The Morgan fingerprint density at radius 3 is 2.45 bits per heavy atom. The molecule has 1 saturated carbocycles. The molecule has 31 heavy (non-hydrogen) atoms. The van der Waals surface area contributed by atoms with Crippen LogP contribution in [-0.4, -0.2) is 59.1 Å². The Bertz CT molecular complexity index is 972. The van der Waals surface area contributed by atoms with Crippen molar-refractivity contribution in [2.75, 3.05) is 23.4 Å². The number of hydrogen-bond acceptors (Lipinski definition) is 6. The molecule has 3 rings (SSSR count). The van der Waals surface area contributed by atoms with Gasteiger partial charge in [0, 0.05) is 19.6 Å². The molecule has 1 aromatic heterocycles. The van der Waals surface area contributed by atoms with E-state index >= 15 is 0 Å². The van der Waals surface area contributed by atoms with Crippen molar-refractivity contribution in [1.82, 2.24) is 19.7 Å². The maximum absolute atomic E-state index is 12.7. The van der Waals surface area contributed by atoms with Gasteiger partial charge in [0.05, 0.1) is 24.2 Å². The zero-order chi connectivity index (χ0) is 22.4. The second kappa shape index (κ2) is 10.5. The minimum Gasteiger partial charge on any atom is -0.342 e. The Kier molecular flexibility index (Phi) is 7.99.